The minimum atomic E-state index is 0.143. The van der Waals surface area contributed by atoms with Crippen molar-refractivity contribution in [3.63, 3.8) is 0 Å². The molecule has 2 N–H and O–H groups in total. The summed E-state index contributed by atoms with van der Waals surface area (Å²) >= 11 is 0. The van der Waals surface area contributed by atoms with Gasteiger partial charge in [-0.1, -0.05) is 30.3 Å². The number of ketones is 1. The number of rotatable bonds is 5. The van der Waals surface area contributed by atoms with E-state index in [0.717, 1.165) is 16.8 Å². The van der Waals surface area contributed by atoms with Crippen molar-refractivity contribution >= 4 is 5.78 Å². The molecule has 1 aromatic carbocycles. The van der Waals surface area contributed by atoms with Crippen molar-refractivity contribution in [3.05, 3.63) is 65.5 Å². The zero-order valence-electron chi connectivity index (χ0n) is 10.2. The Morgan fingerprint density at radius 3 is 2.50 bits per heavy atom. The van der Waals surface area contributed by atoms with Gasteiger partial charge in [0.05, 0.1) is 0 Å². The quantitative estimate of drug-likeness (QED) is 0.816. The maximum Gasteiger partial charge on any atom is 0.163 e. The van der Waals surface area contributed by atoms with Gasteiger partial charge >= 0.3 is 0 Å². The van der Waals surface area contributed by atoms with Gasteiger partial charge in [0.1, 0.15) is 0 Å². The molecule has 3 heteroatoms. The summed E-state index contributed by atoms with van der Waals surface area (Å²) in [6.45, 7) is 0.502. The minimum absolute atomic E-state index is 0.143. The highest BCUT2D eigenvalue weighted by Gasteiger charge is 2.06. The molecule has 0 spiro atoms. The van der Waals surface area contributed by atoms with E-state index in [2.05, 4.69) is 4.98 Å². The third-order valence-corrected chi connectivity index (χ3v) is 2.85. The minimum Gasteiger partial charge on any atom is -0.326 e. The van der Waals surface area contributed by atoms with Crippen LogP contribution in [0.4, 0.5) is 0 Å². The van der Waals surface area contributed by atoms with Gasteiger partial charge in [-0.2, -0.15) is 0 Å². The molecule has 2 rings (SSSR count). The molecule has 2 aromatic rings. The molecule has 0 aliphatic rings. The molecule has 0 saturated heterocycles. The van der Waals surface area contributed by atoms with Gasteiger partial charge in [0.25, 0.3) is 0 Å². The summed E-state index contributed by atoms with van der Waals surface area (Å²) in [5.41, 5.74) is 8.24. The highest BCUT2D eigenvalue weighted by Crippen LogP contribution is 2.08. The number of nitrogens with two attached hydrogens (primary N) is 1. The first-order valence-electron chi connectivity index (χ1n) is 6.01. The van der Waals surface area contributed by atoms with Crippen LogP contribution in [0, 0.1) is 0 Å². The van der Waals surface area contributed by atoms with E-state index >= 15 is 0 Å². The third-order valence-electron chi connectivity index (χ3n) is 2.85. The van der Waals surface area contributed by atoms with E-state index in [1.54, 1.807) is 6.20 Å². The Morgan fingerprint density at radius 1 is 1.11 bits per heavy atom. The topological polar surface area (TPSA) is 56.0 Å². The van der Waals surface area contributed by atoms with Crippen molar-refractivity contribution in [1.29, 1.82) is 0 Å². The first-order valence-corrected chi connectivity index (χ1v) is 6.01. The Bertz CT molecular complexity index is 506. The molecule has 0 aliphatic heterocycles. The summed E-state index contributed by atoms with van der Waals surface area (Å²) in [6, 6.07) is 13.2. The van der Waals surface area contributed by atoms with Crippen molar-refractivity contribution in [2.24, 2.45) is 5.73 Å². The van der Waals surface area contributed by atoms with Crippen LogP contribution in [0.25, 0.3) is 0 Å². The first-order chi connectivity index (χ1) is 8.79. The summed E-state index contributed by atoms with van der Waals surface area (Å²) in [6.07, 6.45) is 2.91. The second-order valence-corrected chi connectivity index (χ2v) is 4.15. The summed E-state index contributed by atoms with van der Waals surface area (Å²) in [5, 5.41) is 0. The highest BCUT2D eigenvalue weighted by molar-refractivity contribution is 5.96. The number of aryl methyl sites for hydroxylation is 1. The van der Waals surface area contributed by atoms with Crippen LogP contribution >= 0.6 is 0 Å². The number of pyridine rings is 1. The fraction of sp³-hybridized carbons (Fsp3) is 0.200. The van der Waals surface area contributed by atoms with E-state index in [9.17, 15) is 4.79 Å². The molecular weight excluding hydrogens is 224 g/mol. The number of hydrogen-bond donors (Lipinski definition) is 1. The van der Waals surface area contributed by atoms with Crippen molar-refractivity contribution in [2.75, 3.05) is 0 Å². The monoisotopic (exact) mass is 240 g/mol. The molecule has 1 aromatic heterocycles. The van der Waals surface area contributed by atoms with E-state index in [4.69, 9.17) is 5.73 Å². The standard InChI is InChI=1S/C15H16N2O/c16-11-12-4-6-13(7-5-12)15(18)9-8-14-3-1-2-10-17-14/h1-7,10H,8-9,11,16H2. The lowest BCUT2D eigenvalue weighted by atomic mass is 10.0. The Hall–Kier alpha value is -2.00. The van der Waals surface area contributed by atoms with Crippen LogP contribution in [0.15, 0.2) is 48.7 Å². The number of carbonyl (C=O) groups excluding carboxylic acids is 1. The van der Waals surface area contributed by atoms with Gasteiger partial charge < -0.3 is 5.73 Å². The Balaban J connectivity index is 1.95. The number of carbonyl (C=O) groups is 1. The predicted octanol–water partition coefficient (Wildman–Crippen LogP) is 2.36. The number of hydrogen-bond acceptors (Lipinski definition) is 3. The molecule has 92 valence electrons. The SMILES string of the molecule is NCc1ccc(C(=O)CCc2ccccn2)cc1. The molecule has 0 atom stereocenters. The maximum absolute atomic E-state index is 12.0. The highest BCUT2D eigenvalue weighted by atomic mass is 16.1. The molecule has 0 fully saturated rings. The number of Topliss-reactive ketones (excluding diaryl/α,β-unsaturated/α-hetero) is 1. The van der Waals surface area contributed by atoms with Crippen LogP contribution in [0.2, 0.25) is 0 Å². The first kappa shape index (κ1) is 12.5. The fourth-order valence-electron chi connectivity index (χ4n) is 1.76. The molecule has 0 saturated carbocycles. The summed E-state index contributed by atoms with van der Waals surface area (Å²) < 4.78 is 0. The largest absolute Gasteiger partial charge is 0.326 e. The van der Waals surface area contributed by atoms with E-state index in [1.807, 2.05) is 42.5 Å². The van der Waals surface area contributed by atoms with Crippen molar-refractivity contribution in [2.45, 2.75) is 19.4 Å². The molecule has 18 heavy (non-hydrogen) atoms. The molecule has 0 aliphatic carbocycles. The van der Waals surface area contributed by atoms with E-state index < -0.39 is 0 Å². The predicted molar refractivity (Wildman–Crippen MR) is 71.2 cm³/mol. The zero-order valence-corrected chi connectivity index (χ0v) is 10.2. The van der Waals surface area contributed by atoms with E-state index in [-0.39, 0.29) is 5.78 Å². The second-order valence-electron chi connectivity index (χ2n) is 4.15. The average molecular weight is 240 g/mol. The summed E-state index contributed by atoms with van der Waals surface area (Å²) in [4.78, 5) is 16.2. The molecule has 0 unspecified atom stereocenters. The molecule has 0 bridgehead atoms. The Labute approximate surface area is 107 Å². The van der Waals surface area contributed by atoms with Gasteiger partial charge in [-0.15, -0.1) is 0 Å². The van der Waals surface area contributed by atoms with Crippen molar-refractivity contribution in [1.82, 2.24) is 4.98 Å². The lowest BCUT2D eigenvalue weighted by Crippen LogP contribution is -2.03. The Kier molecular flexibility index (Phi) is 4.20. The molecule has 0 amide bonds. The van der Waals surface area contributed by atoms with Crippen LogP contribution in [-0.2, 0) is 13.0 Å². The second kappa shape index (κ2) is 6.07. The van der Waals surface area contributed by atoms with Gasteiger partial charge in [-0.05, 0) is 24.1 Å². The van der Waals surface area contributed by atoms with Gasteiger partial charge in [-0.3, -0.25) is 9.78 Å². The van der Waals surface area contributed by atoms with E-state index in [0.29, 0.717) is 19.4 Å². The van der Waals surface area contributed by atoms with Gasteiger partial charge in [0, 0.05) is 30.4 Å². The van der Waals surface area contributed by atoms with Gasteiger partial charge in [0.15, 0.2) is 5.78 Å². The maximum atomic E-state index is 12.0. The normalized spacial score (nSPS) is 10.3. The molecule has 3 nitrogen and oxygen atoms in total. The van der Waals surface area contributed by atoms with E-state index in [1.165, 1.54) is 0 Å². The average Bonchev–Trinajstić information content (AvgIpc) is 2.46. The summed E-state index contributed by atoms with van der Waals surface area (Å²) in [7, 11) is 0. The molecule has 1 heterocycles. The Morgan fingerprint density at radius 2 is 1.89 bits per heavy atom. The zero-order chi connectivity index (χ0) is 12.8. The number of nitrogens with zero attached hydrogens (tertiary/aromatic N) is 1. The number of benzene rings is 1. The van der Waals surface area contributed by atoms with Crippen LogP contribution in [-0.4, -0.2) is 10.8 Å². The molecule has 0 radical (unpaired) electrons. The van der Waals surface area contributed by atoms with Crippen molar-refractivity contribution in [3.8, 4) is 0 Å². The third kappa shape index (κ3) is 3.25. The van der Waals surface area contributed by atoms with Crippen LogP contribution in [0.5, 0.6) is 0 Å². The lowest BCUT2D eigenvalue weighted by Gasteiger charge is -2.02. The smallest absolute Gasteiger partial charge is 0.163 e. The van der Waals surface area contributed by atoms with Gasteiger partial charge in [0.2, 0.25) is 0 Å². The number of aromatic nitrogens is 1. The van der Waals surface area contributed by atoms with Crippen LogP contribution < -0.4 is 5.73 Å². The summed E-state index contributed by atoms with van der Waals surface area (Å²) in [5.74, 6) is 0.143. The lowest BCUT2D eigenvalue weighted by molar-refractivity contribution is 0.0982. The van der Waals surface area contributed by atoms with Gasteiger partial charge in [-0.25, -0.2) is 0 Å². The fourth-order valence-corrected chi connectivity index (χ4v) is 1.76. The molecular formula is C15H16N2O. The van der Waals surface area contributed by atoms with Crippen LogP contribution in [0.1, 0.15) is 28.0 Å². The van der Waals surface area contributed by atoms with Crippen molar-refractivity contribution < 1.29 is 4.79 Å². The van der Waals surface area contributed by atoms with Crippen LogP contribution in [0.3, 0.4) is 0 Å².